The van der Waals surface area contributed by atoms with Crippen LogP contribution in [0.4, 0.5) is 0 Å². The standard InChI is InChI=1S/C6H6O.C5H10O5/c7-6-4-2-1-3-5-6;6-1-3(8)5(10)4(9)2-7/h1-5,7H;1,3-5,7-10H,2H2. The molecule has 0 aliphatic rings. The van der Waals surface area contributed by atoms with E-state index in [1.54, 1.807) is 24.3 Å². The summed E-state index contributed by atoms with van der Waals surface area (Å²) >= 11 is 0. The fraction of sp³-hybridized carbons (Fsp3) is 0.364. The Kier molecular flexibility index (Phi) is 7.91. The number of phenols is 1. The Labute approximate surface area is 98.4 Å². The van der Waals surface area contributed by atoms with Crippen molar-refractivity contribution < 1.29 is 30.3 Å². The van der Waals surface area contributed by atoms with E-state index in [9.17, 15) is 4.79 Å². The Balaban J connectivity index is 0.000000318. The number of hydrogen-bond donors (Lipinski definition) is 5. The second-order valence-corrected chi connectivity index (χ2v) is 3.20. The Morgan fingerprint density at radius 2 is 1.65 bits per heavy atom. The van der Waals surface area contributed by atoms with Gasteiger partial charge in [-0.3, -0.25) is 0 Å². The van der Waals surface area contributed by atoms with Gasteiger partial charge in [0, 0.05) is 0 Å². The molecule has 3 atom stereocenters. The highest BCUT2D eigenvalue weighted by Crippen LogP contribution is 2.02. The maximum absolute atomic E-state index is 9.76. The van der Waals surface area contributed by atoms with Crippen LogP contribution in [0.3, 0.4) is 0 Å². The first kappa shape index (κ1) is 15.5. The number of aromatic hydroxyl groups is 1. The predicted octanol–water partition coefficient (Wildman–Crippen LogP) is -1.35. The van der Waals surface area contributed by atoms with Crippen LogP contribution in [0.25, 0.3) is 0 Å². The number of phenolic OH excluding ortho intramolecular Hbond substituents is 1. The molecule has 0 aromatic heterocycles. The SMILES string of the molecule is O=CC(O)C(O)C(O)CO.Oc1ccccc1. The van der Waals surface area contributed by atoms with Crippen LogP contribution < -0.4 is 0 Å². The van der Waals surface area contributed by atoms with E-state index in [-0.39, 0.29) is 6.29 Å². The Morgan fingerprint density at radius 1 is 1.12 bits per heavy atom. The van der Waals surface area contributed by atoms with Gasteiger partial charge in [0.05, 0.1) is 6.61 Å². The van der Waals surface area contributed by atoms with E-state index < -0.39 is 24.9 Å². The van der Waals surface area contributed by atoms with Crippen molar-refractivity contribution in [3.8, 4) is 5.75 Å². The Hall–Kier alpha value is -1.47. The summed E-state index contributed by atoms with van der Waals surface area (Å²) in [5, 5.41) is 42.7. The molecule has 0 spiro atoms. The predicted molar refractivity (Wildman–Crippen MR) is 59.3 cm³/mol. The molecule has 0 bridgehead atoms. The summed E-state index contributed by atoms with van der Waals surface area (Å²) < 4.78 is 0. The number of para-hydroxylation sites is 1. The first-order chi connectivity index (χ1) is 8.02. The molecule has 6 nitrogen and oxygen atoms in total. The highest BCUT2D eigenvalue weighted by Gasteiger charge is 2.22. The van der Waals surface area contributed by atoms with Crippen molar-refractivity contribution in [2.75, 3.05) is 6.61 Å². The number of aldehydes is 1. The van der Waals surface area contributed by atoms with Crippen LogP contribution >= 0.6 is 0 Å². The molecule has 0 heterocycles. The molecule has 17 heavy (non-hydrogen) atoms. The molecule has 3 unspecified atom stereocenters. The fourth-order valence-electron chi connectivity index (χ4n) is 0.844. The first-order valence-corrected chi connectivity index (χ1v) is 4.87. The first-order valence-electron chi connectivity index (χ1n) is 4.87. The summed E-state index contributed by atoms with van der Waals surface area (Å²) in [6.45, 7) is -0.688. The molecule has 0 radical (unpaired) electrons. The zero-order valence-electron chi connectivity index (χ0n) is 9.05. The number of carbonyl (C=O) groups is 1. The summed E-state index contributed by atoms with van der Waals surface area (Å²) in [6.07, 6.45) is -4.63. The monoisotopic (exact) mass is 244 g/mol. The van der Waals surface area contributed by atoms with Crippen LogP contribution in [-0.4, -0.2) is 56.7 Å². The molecule has 0 aliphatic heterocycles. The second kappa shape index (κ2) is 8.66. The lowest BCUT2D eigenvalue weighted by atomic mass is 10.1. The zero-order valence-corrected chi connectivity index (χ0v) is 9.05. The number of aliphatic hydroxyl groups excluding tert-OH is 4. The Morgan fingerprint density at radius 3 is 1.94 bits per heavy atom. The highest BCUT2D eigenvalue weighted by atomic mass is 16.4. The summed E-state index contributed by atoms with van der Waals surface area (Å²) in [7, 11) is 0. The third-order valence-corrected chi connectivity index (χ3v) is 1.83. The maximum atomic E-state index is 9.76. The normalized spacial score (nSPS) is 15.1. The highest BCUT2D eigenvalue weighted by molar-refractivity contribution is 5.56. The molecule has 1 rings (SSSR count). The summed E-state index contributed by atoms with van der Waals surface area (Å²) in [5.41, 5.74) is 0. The fourth-order valence-corrected chi connectivity index (χ4v) is 0.844. The molecule has 0 saturated heterocycles. The van der Waals surface area contributed by atoms with Gasteiger partial charge in [0.2, 0.25) is 0 Å². The van der Waals surface area contributed by atoms with E-state index in [0.29, 0.717) is 5.75 Å². The van der Waals surface area contributed by atoms with Crippen LogP contribution in [0.1, 0.15) is 0 Å². The van der Waals surface area contributed by atoms with E-state index in [2.05, 4.69) is 0 Å². The average molecular weight is 244 g/mol. The molecule has 0 saturated carbocycles. The Bertz CT molecular complexity index is 302. The number of hydrogen-bond acceptors (Lipinski definition) is 6. The van der Waals surface area contributed by atoms with E-state index in [0.717, 1.165) is 0 Å². The molecule has 1 aromatic carbocycles. The van der Waals surface area contributed by atoms with Crippen molar-refractivity contribution in [2.24, 2.45) is 0 Å². The maximum Gasteiger partial charge on any atom is 0.151 e. The molecule has 6 heteroatoms. The van der Waals surface area contributed by atoms with Crippen molar-refractivity contribution in [3.05, 3.63) is 30.3 Å². The average Bonchev–Trinajstić information content (AvgIpc) is 2.37. The third-order valence-electron chi connectivity index (χ3n) is 1.83. The van der Waals surface area contributed by atoms with Gasteiger partial charge < -0.3 is 30.3 Å². The lowest BCUT2D eigenvalue weighted by molar-refractivity contribution is -0.127. The van der Waals surface area contributed by atoms with Crippen LogP contribution in [-0.2, 0) is 4.79 Å². The van der Waals surface area contributed by atoms with Crippen molar-refractivity contribution in [1.82, 2.24) is 0 Å². The molecular formula is C11H16O6. The number of carbonyl (C=O) groups excluding carboxylic acids is 1. The van der Waals surface area contributed by atoms with E-state index in [1.165, 1.54) is 0 Å². The molecule has 0 fully saturated rings. The topological polar surface area (TPSA) is 118 Å². The van der Waals surface area contributed by atoms with Gasteiger partial charge >= 0.3 is 0 Å². The minimum atomic E-state index is -1.64. The zero-order chi connectivity index (χ0) is 13.3. The van der Waals surface area contributed by atoms with E-state index >= 15 is 0 Å². The van der Waals surface area contributed by atoms with Crippen LogP contribution in [0.15, 0.2) is 30.3 Å². The minimum absolute atomic E-state index is 0.0869. The van der Waals surface area contributed by atoms with Gasteiger partial charge in [0.1, 0.15) is 24.1 Å². The van der Waals surface area contributed by atoms with Crippen molar-refractivity contribution >= 4 is 6.29 Å². The minimum Gasteiger partial charge on any atom is -0.508 e. The lowest BCUT2D eigenvalue weighted by Crippen LogP contribution is -2.40. The van der Waals surface area contributed by atoms with Gasteiger partial charge in [-0.05, 0) is 12.1 Å². The van der Waals surface area contributed by atoms with Gasteiger partial charge in [-0.25, -0.2) is 0 Å². The molecule has 96 valence electrons. The largest absolute Gasteiger partial charge is 0.508 e. The number of benzene rings is 1. The van der Waals surface area contributed by atoms with E-state index in [4.69, 9.17) is 25.5 Å². The molecular weight excluding hydrogens is 228 g/mol. The van der Waals surface area contributed by atoms with E-state index in [1.807, 2.05) is 6.07 Å². The van der Waals surface area contributed by atoms with Crippen molar-refractivity contribution in [2.45, 2.75) is 18.3 Å². The van der Waals surface area contributed by atoms with Crippen molar-refractivity contribution in [3.63, 3.8) is 0 Å². The molecule has 0 amide bonds. The van der Waals surface area contributed by atoms with Crippen LogP contribution in [0.5, 0.6) is 5.75 Å². The van der Waals surface area contributed by atoms with Gasteiger partial charge in [-0.1, -0.05) is 18.2 Å². The van der Waals surface area contributed by atoms with Crippen molar-refractivity contribution in [1.29, 1.82) is 0 Å². The summed E-state index contributed by atoms with van der Waals surface area (Å²) in [5.74, 6) is 0.322. The molecule has 0 aliphatic carbocycles. The van der Waals surface area contributed by atoms with Gasteiger partial charge in [0.25, 0.3) is 0 Å². The molecule has 1 aromatic rings. The molecule has 5 N–H and O–H groups in total. The third kappa shape index (κ3) is 6.64. The van der Waals surface area contributed by atoms with Gasteiger partial charge in [-0.15, -0.1) is 0 Å². The second-order valence-electron chi connectivity index (χ2n) is 3.20. The summed E-state index contributed by atoms with van der Waals surface area (Å²) in [6, 6.07) is 8.71. The van der Waals surface area contributed by atoms with Crippen LogP contribution in [0, 0.1) is 0 Å². The quantitative estimate of drug-likeness (QED) is 0.418. The van der Waals surface area contributed by atoms with Gasteiger partial charge in [0.15, 0.2) is 6.29 Å². The number of rotatable bonds is 4. The lowest BCUT2D eigenvalue weighted by Gasteiger charge is -2.16. The smallest absolute Gasteiger partial charge is 0.151 e. The van der Waals surface area contributed by atoms with Gasteiger partial charge in [-0.2, -0.15) is 0 Å². The number of aliphatic hydroxyl groups is 4. The van der Waals surface area contributed by atoms with Crippen LogP contribution in [0.2, 0.25) is 0 Å². The summed E-state index contributed by atoms with van der Waals surface area (Å²) in [4.78, 5) is 9.76.